The summed E-state index contributed by atoms with van der Waals surface area (Å²) in [7, 11) is -1.80. The van der Waals surface area contributed by atoms with E-state index in [9.17, 15) is 13.2 Å². The molecule has 0 aromatic heterocycles. The number of nitrogens with zero attached hydrogens (tertiary/aromatic N) is 1. The average molecular weight is 285 g/mol. The van der Waals surface area contributed by atoms with Crippen molar-refractivity contribution in [3.8, 4) is 0 Å². The van der Waals surface area contributed by atoms with Gasteiger partial charge in [-0.25, -0.2) is 8.42 Å². The Hall–Kier alpha value is -0.140. The summed E-state index contributed by atoms with van der Waals surface area (Å²) in [5.41, 5.74) is 0. The second kappa shape index (κ2) is 4.59. The molecule has 0 radical (unpaired) electrons. The highest BCUT2D eigenvalue weighted by Crippen LogP contribution is 2.22. The fourth-order valence-electron chi connectivity index (χ4n) is 1.56. The third-order valence-electron chi connectivity index (χ3n) is 2.25. The first kappa shape index (κ1) is 11.9. The van der Waals surface area contributed by atoms with E-state index in [2.05, 4.69) is 21.2 Å². The molecule has 0 aromatic rings. The Morgan fingerprint density at radius 1 is 1.64 bits per heavy atom. The molecule has 0 spiro atoms. The standard InChI is InChI=1S/C7H13BrN2O3S/c1-9-7(11)6-3-2-4-10(6)14(12,13)5-8/h6H,2-5H2,1H3,(H,9,11). The van der Waals surface area contributed by atoms with Crippen molar-refractivity contribution in [3.63, 3.8) is 0 Å². The summed E-state index contributed by atoms with van der Waals surface area (Å²) in [5, 5.41) is 2.47. The van der Waals surface area contributed by atoms with Gasteiger partial charge >= 0.3 is 0 Å². The number of halogens is 1. The van der Waals surface area contributed by atoms with Gasteiger partial charge < -0.3 is 5.32 Å². The van der Waals surface area contributed by atoms with Gasteiger partial charge in [0.1, 0.15) is 10.7 Å². The molecule has 0 saturated carbocycles. The van der Waals surface area contributed by atoms with Gasteiger partial charge in [0.15, 0.2) is 0 Å². The van der Waals surface area contributed by atoms with Gasteiger partial charge in [-0.15, -0.1) is 0 Å². The highest BCUT2D eigenvalue weighted by Gasteiger charge is 2.37. The largest absolute Gasteiger partial charge is 0.358 e. The van der Waals surface area contributed by atoms with Crippen LogP contribution in [0.3, 0.4) is 0 Å². The molecule has 1 saturated heterocycles. The maximum Gasteiger partial charge on any atom is 0.238 e. The molecule has 0 aromatic carbocycles. The molecule has 0 aliphatic carbocycles. The van der Waals surface area contributed by atoms with Crippen LogP contribution in [0.4, 0.5) is 0 Å². The minimum Gasteiger partial charge on any atom is -0.358 e. The maximum absolute atomic E-state index is 11.5. The van der Waals surface area contributed by atoms with E-state index in [0.717, 1.165) is 6.42 Å². The van der Waals surface area contributed by atoms with E-state index >= 15 is 0 Å². The van der Waals surface area contributed by atoms with Gasteiger partial charge in [-0.05, 0) is 12.8 Å². The molecule has 1 aliphatic rings. The number of sulfonamides is 1. The van der Waals surface area contributed by atoms with Crippen LogP contribution in [0.5, 0.6) is 0 Å². The van der Waals surface area contributed by atoms with Crippen LogP contribution in [-0.2, 0) is 14.8 Å². The Balaban J connectivity index is 2.84. The van der Waals surface area contributed by atoms with Crippen molar-refractivity contribution in [1.82, 2.24) is 9.62 Å². The molecular weight excluding hydrogens is 272 g/mol. The molecule has 1 fully saturated rings. The number of amides is 1. The quantitative estimate of drug-likeness (QED) is 0.735. The van der Waals surface area contributed by atoms with E-state index in [-0.39, 0.29) is 10.6 Å². The number of rotatable bonds is 3. The van der Waals surface area contributed by atoms with Crippen LogP contribution in [0.15, 0.2) is 0 Å². The Kier molecular flexibility index (Phi) is 3.91. The van der Waals surface area contributed by atoms with E-state index in [4.69, 9.17) is 0 Å². The molecular formula is C7H13BrN2O3S. The number of hydrogen-bond donors (Lipinski definition) is 1. The molecule has 0 bridgehead atoms. The van der Waals surface area contributed by atoms with Crippen molar-refractivity contribution in [2.75, 3.05) is 18.3 Å². The monoisotopic (exact) mass is 284 g/mol. The molecule has 14 heavy (non-hydrogen) atoms. The highest BCUT2D eigenvalue weighted by atomic mass is 79.9. The first-order valence-corrected chi connectivity index (χ1v) is 7.03. The molecule has 7 heteroatoms. The SMILES string of the molecule is CNC(=O)C1CCCN1S(=O)(=O)CBr. The Morgan fingerprint density at radius 2 is 2.29 bits per heavy atom. The molecule has 1 amide bonds. The summed E-state index contributed by atoms with van der Waals surface area (Å²) in [6.07, 6.45) is 1.34. The molecule has 1 unspecified atom stereocenters. The Labute approximate surface area is 92.0 Å². The number of likely N-dealkylation sites (N-methyl/N-ethyl adjacent to an activating group) is 1. The van der Waals surface area contributed by atoms with E-state index in [1.54, 1.807) is 0 Å². The van der Waals surface area contributed by atoms with Crippen LogP contribution in [0.2, 0.25) is 0 Å². The van der Waals surface area contributed by atoms with Crippen molar-refractivity contribution < 1.29 is 13.2 Å². The molecule has 1 aliphatic heterocycles. The van der Waals surface area contributed by atoms with Crippen LogP contribution in [0, 0.1) is 0 Å². The molecule has 1 atom stereocenters. The van der Waals surface area contributed by atoms with Gasteiger partial charge in [0, 0.05) is 13.6 Å². The third-order valence-corrected chi connectivity index (χ3v) is 5.41. The first-order chi connectivity index (χ1) is 6.53. The summed E-state index contributed by atoms with van der Waals surface area (Å²) >= 11 is 2.92. The Morgan fingerprint density at radius 3 is 2.79 bits per heavy atom. The molecule has 82 valence electrons. The zero-order valence-electron chi connectivity index (χ0n) is 7.86. The smallest absolute Gasteiger partial charge is 0.238 e. The third kappa shape index (κ3) is 2.26. The number of nitrogens with one attached hydrogen (secondary N) is 1. The topological polar surface area (TPSA) is 66.5 Å². The van der Waals surface area contributed by atoms with Gasteiger partial charge in [-0.1, -0.05) is 15.9 Å². The van der Waals surface area contributed by atoms with Crippen molar-refractivity contribution in [1.29, 1.82) is 0 Å². The van der Waals surface area contributed by atoms with Gasteiger partial charge in [-0.2, -0.15) is 4.31 Å². The number of hydrogen-bond acceptors (Lipinski definition) is 3. The lowest BCUT2D eigenvalue weighted by molar-refractivity contribution is -0.123. The molecule has 1 N–H and O–H groups in total. The van der Waals surface area contributed by atoms with Gasteiger partial charge in [0.25, 0.3) is 0 Å². The molecule has 1 heterocycles. The lowest BCUT2D eigenvalue weighted by atomic mass is 10.2. The fourth-order valence-corrected chi connectivity index (χ4v) is 3.47. The predicted octanol–water partition coefficient (Wildman–Crippen LogP) is -0.121. The summed E-state index contributed by atoms with van der Waals surface area (Å²) in [4.78, 5) is 11.4. The van der Waals surface area contributed by atoms with Gasteiger partial charge in [-0.3, -0.25) is 4.79 Å². The van der Waals surface area contributed by atoms with Crippen LogP contribution >= 0.6 is 15.9 Å². The van der Waals surface area contributed by atoms with Crippen LogP contribution in [-0.4, -0.2) is 42.9 Å². The summed E-state index contributed by atoms with van der Waals surface area (Å²) in [6.45, 7) is 0.437. The average Bonchev–Trinajstić information content (AvgIpc) is 2.65. The van der Waals surface area contributed by atoms with Gasteiger partial charge in [0.2, 0.25) is 15.9 Å². The summed E-state index contributed by atoms with van der Waals surface area (Å²) in [6, 6.07) is -0.525. The van der Waals surface area contributed by atoms with Crippen molar-refractivity contribution in [3.05, 3.63) is 0 Å². The maximum atomic E-state index is 11.5. The summed E-state index contributed by atoms with van der Waals surface area (Å²) in [5.74, 6) is -0.230. The van der Waals surface area contributed by atoms with E-state index < -0.39 is 16.1 Å². The Bertz CT molecular complexity index is 317. The zero-order chi connectivity index (χ0) is 10.8. The number of carbonyl (C=O) groups is 1. The minimum atomic E-state index is -3.31. The van der Waals surface area contributed by atoms with Crippen molar-refractivity contribution in [2.24, 2.45) is 0 Å². The van der Waals surface area contributed by atoms with Crippen LogP contribution in [0.1, 0.15) is 12.8 Å². The van der Waals surface area contributed by atoms with Gasteiger partial charge in [0.05, 0.1) is 0 Å². The van der Waals surface area contributed by atoms with Crippen molar-refractivity contribution in [2.45, 2.75) is 18.9 Å². The summed E-state index contributed by atoms with van der Waals surface area (Å²) < 4.78 is 24.2. The first-order valence-electron chi connectivity index (χ1n) is 4.30. The predicted molar refractivity (Wildman–Crippen MR) is 56.5 cm³/mol. The van der Waals surface area contributed by atoms with E-state index in [1.165, 1.54) is 11.4 Å². The molecule has 1 rings (SSSR count). The zero-order valence-corrected chi connectivity index (χ0v) is 10.3. The normalized spacial score (nSPS) is 23.7. The van der Waals surface area contributed by atoms with Crippen LogP contribution < -0.4 is 5.32 Å². The van der Waals surface area contributed by atoms with E-state index in [1.807, 2.05) is 0 Å². The highest BCUT2D eigenvalue weighted by molar-refractivity contribution is 9.10. The van der Waals surface area contributed by atoms with E-state index in [0.29, 0.717) is 13.0 Å². The minimum absolute atomic E-state index is 0.131. The van der Waals surface area contributed by atoms with Crippen LogP contribution in [0.25, 0.3) is 0 Å². The second-order valence-corrected chi connectivity index (χ2v) is 6.33. The molecule has 5 nitrogen and oxygen atoms in total. The number of alkyl halides is 1. The number of carbonyl (C=O) groups excluding carboxylic acids is 1. The lowest BCUT2D eigenvalue weighted by Crippen LogP contribution is -2.45. The van der Waals surface area contributed by atoms with Crippen molar-refractivity contribution >= 4 is 31.9 Å². The fraction of sp³-hybridized carbons (Fsp3) is 0.857. The second-order valence-electron chi connectivity index (χ2n) is 3.10. The lowest BCUT2D eigenvalue weighted by Gasteiger charge is -2.21.